The molecule has 0 bridgehead atoms. The molecule has 3 N–H and O–H groups in total. The summed E-state index contributed by atoms with van der Waals surface area (Å²) < 4.78 is 1.47. The average Bonchev–Trinajstić information content (AvgIpc) is 2.60. The van der Waals surface area contributed by atoms with Gasteiger partial charge in [-0.2, -0.15) is 0 Å². The van der Waals surface area contributed by atoms with Crippen molar-refractivity contribution in [1.82, 2.24) is 20.3 Å². The molecule has 0 aliphatic heterocycles. The Morgan fingerprint density at radius 2 is 2.25 bits per heavy atom. The third-order valence-corrected chi connectivity index (χ3v) is 2.17. The minimum Gasteiger partial charge on any atom is -0.368 e. The van der Waals surface area contributed by atoms with Crippen LogP contribution in [-0.4, -0.2) is 26.4 Å². The van der Waals surface area contributed by atoms with Crippen LogP contribution in [-0.2, 0) is 11.3 Å². The first kappa shape index (κ1) is 12.6. The molecule has 0 aliphatic carbocycles. The summed E-state index contributed by atoms with van der Waals surface area (Å²) in [7, 11) is 0. The van der Waals surface area contributed by atoms with Crippen molar-refractivity contribution < 1.29 is 4.79 Å². The lowest BCUT2D eigenvalue weighted by atomic mass is 10.1. The maximum atomic E-state index is 10.9. The Kier molecular flexibility index (Phi) is 3.64. The van der Waals surface area contributed by atoms with E-state index >= 15 is 0 Å². The van der Waals surface area contributed by atoms with E-state index in [0.29, 0.717) is 6.54 Å². The fraction of sp³-hybridized carbons (Fsp3) is 0.700. The Morgan fingerprint density at radius 1 is 1.62 bits per heavy atom. The summed E-state index contributed by atoms with van der Waals surface area (Å²) in [4.78, 5) is 10.9. The summed E-state index contributed by atoms with van der Waals surface area (Å²) in [6, 6.07) is -0.462. The second-order valence-electron chi connectivity index (χ2n) is 4.87. The van der Waals surface area contributed by atoms with Gasteiger partial charge in [0.1, 0.15) is 6.04 Å². The standard InChI is InChI=1S/C10H19N5O/c1-7(9(11)16)15-6-8(13-14-15)5-12-10(2,3)4/h6-7,12H,5H2,1-4H3,(H2,11,16). The Hall–Kier alpha value is -1.43. The van der Waals surface area contributed by atoms with Crippen LogP contribution in [0.25, 0.3) is 0 Å². The molecule has 0 saturated carbocycles. The molecule has 0 spiro atoms. The molecule has 0 saturated heterocycles. The van der Waals surface area contributed by atoms with Crippen molar-refractivity contribution in [2.75, 3.05) is 0 Å². The molecule has 0 aromatic carbocycles. The molecule has 6 heteroatoms. The second-order valence-corrected chi connectivity index (χ2v) is 4.87. The third kappa shape index (κ3) is 3.62. The van der Waals surface area contributed by atoms with Gasteiger partial charge in [-0.05, 0) is 27.7 Å². The number of rotatable bonds is 4. The highest BCUT2D eigenvalue weighted by Crippen LogP contribution is 2.05. The Labute approximate surface area is 95.2 Å². The number of carbonyl (C=O) groups excluding carboxylic acids is 1. The van der Waals surface area contributed by atoms with Gasteiger partial charge in [-0.1, -0.05) is 5.21 Å². The maximum Gasteiger partial charge on any atom is 0.242 e. The number of aromatic nitrogens is 3. The minimum atomic E-state index is -0.462. The van der Waals surface area contributed by atoms with Crippen LogP contribution in [0.2, 0.25) is 0 Å². The molecule has 1 amide bonds. The number of amides is 1. The molecular weight excluding hydrogens is 206 g/mol. The fourth-order valence-electron chi connectivity index (χ4n) is 1.07. The maximum absolute atomic E-state index is 10.9. The van der Waals surface area contributed by atoms with Crippen LogP contribution in [0.1, 0.15) is 39.4 Å². The van der Waals surface area contributed by atoms with E-state index in [2.05, 4.69) is 36.4 Å². The van der Waals surface area contributed by atoms with Gasteiger partial charge in [-0.3, -0.25) is 4.79 Å². The monoisotopic (exact) mass is 225 g/mol. The van der Waals surface area contributed by atoms with E-state index in [4.69, 9.17) is 5.73 Å². The molecule has 0 fully saturated rings. The van der Waals surface area contributed by atoms with Crippen molar-refractivity contribution in [1.29, 1.82) is 0 Å². The van der Waals surface area contributed by atoms with Crippen LogP contribution in [0.3, 0.4) is 0 Å². The molecular formula is C10H19N5O. The summed E-state index contributed by atoms with van der Waals surface area (Å²) in [5, 5.41) is 11.1. The number of hydrogen-bond acceptors (Lipinski definition) is 4. The zero-order valence-corrected chi connectivity index (χ0v) is 10.2. The van der Waals surface area contributed by atoms with Gasteiger partial charge in [-0.15, -0.1) is 5.10 Å². The first-order valence-electron chi connectivity index (χ1n) is 5.24. The minimum absolute atomic E-state index is 0.0269. The van der Waals surface area contributed by atoms with E-state index in [-0.39, 0.29) is 5.54 Å². The van der Waals surface area contributed by atoms with E-state index in [1.54, 1.807) is 13.1 Å². The lowest BCUT2D eigenvalue weighted by Gasteiger charge is -2.19. The molecule has 90 valence electrons. The quantitative estimate of drug-likeness (QED) is 0.767. The van der Waals surface area contributed by atoms with E-state index in [1.807, 2.05) is 0 Å². The van der Waals surface area contributed by atoms with E-state index < -0.39 is 11.9 Å². The van der Waals surface area contributed by atoms with Crippen LogP contribution < -0.4 is 11.1 Å². The first-order chi connectivity index (χ1) is 7.29. The van der Waals surface area contributed by atoms with E-state index in [0.717, 1.165) is 5.69 Å². The molecule has 6 nitrogen and oxygen atoms in total. The Bertz CT molecular complexity index is 366. The van der Waals surface area contributed by atoms with Gasteiger partial charge in [-0.25, -0.2) is 4.68 Å². The smallest absolute Gasteiger partial charge is 0.242 e. The first-order valence-corrected chi connectivity index (χ1v) is 5.24. The van der Waals surface area contributed by atoms with Gasteiger partial charge in [0, 0.05) is 12.1 Å². The van der Waals surface area contributed by atoms with Crippen LogP contribution in [0.4, 0.5) is 0 Å². The summed E-state index contributed by atoms with van der Waals surface area (Å²) in [5.74, 6) is -0.416. The molecule has 1 aromatic rings. The van der Waals surface area contributed by atoms with Gasteiger partial charge in [0.2, 0.25) is 5.91 Å². The zero-order valence-electron chi connectivity index (χ0n) is 10.2. The highest BCUT2D eigenvalue weighted by Gasteiger charge is 2.14. The molecule has 1 rings (SSSR count). The van der Waals surface area contributed by atoms with Crippen molar-refractivity contribution in [2.24, 2.45) is 5.73 Å². The highest BCUT2D eigenvalue weighted by atomic mass is 16.1. The summed E-state index contributed by atoms with van der Waals surface area (Å²) in [5.41, 5.74) is 6.00. The van der Waals surface area contributed by atoms with E-state index in [9.17, 15) is 4.79 Å². The number of nitrogens with two attached hydrogens (primary N) is 1. The normalized spacial score (nSPS) is 13.8. The predicted octanol–water partition coefficient (Wildman–Crippen LogP) is 0.213. The van der Waals surface area contributed by atoms with Crippen molar-refractivity contribution in [3.63, 3.8) is 0 Å². The average molecular weight is 225 g/mol. The molecule has 1 aromatic heterocycles. The van der Waals surface area contributed by atoms with Gasteiger partial charge in [0.05, 0.1) is 11.9 Å². The predicted molar refractivity (Wildman–Crippen MR) is 60.5 cm³/mol. The lowest BCUT2D eigenvalue weighted by molar-refractivity contribution is -0.120. The summed E-state index contributed by atoms with van der Waals surface area (Å²) in [6.45, 7) is 8.53. The van der Waals surface area contributed by atoms with Crippen molar-refractivity contribution in [3.8, 4) is 0 Å². The van der Waals surface area contributed by atoms with Gasteiger partial charge in [0.15, 0.2) is 0 Å². The molecule has 0 aliphatic rings. The number of hydrogen-bond donors (Lipinski definition) is 2. The summed E-state index contributed by atoms with van der Waals surface area (Å²) in [6.07, 6.45) is 1.73. The topological polar surface area (TPSA) is 85.8 Å². The molecule has 16 heavy (non-hydrogen) atoms. The second kappa shape index (κ2) is 4.61. The Morgan fingerprint density at radius 3 is 2.75 bits per heavy atom. The molecule has 1 unspecified atom stereocenters. The van der Waals surface area contributed by atoms with Crippen LogP contribution >= 0.6 is 0 Å². The lowest BCUT2D eigenvalue weighted by Crippen LogP contribution is -2.35. The zero-order chi connectivity index (χ0) is 12.3. The van der Waals surface area contributed by atoms with Crippen molar-refractivity contribution in [3.05, 3.63) is 11.9 Å². The van der Waals surface area contributed by atoms with E-state index in [1.165, 1.54) is 4.68 Å². The van der Waals surface area contributed by atoms with Gasteiger partial charge >= 0.3 is 0 Å². The molecule has 1 heterocycles. The number of nitrogens with one attached hydrogen (secondary N) is 1. The number of nitrogens with zero attached hydrogens (tertiary/aromatic N) is 3. The largest absolute Gasteiger partial charge is 0.368 e. The number of primary amides is 1. The van der Waals surface area contributed by atoms with Crippen LogP contribution in [0.5, 0.6) is 0 Å². The highest BCUT2D eigenvalue weighted by molar-refractivity contribution is 5.77. The van der Waals surface area contributed by atoms with Gasteiger partial charge < -0.3 is 11.1 Å². The third-order valence-electron chi connectivity index (χ3n) is 2.17. The Balaban J connectivity index is 2.62. The molecule has 1 atom stereocenters. The van der Waals surface area contributed by atoms with Crippen molar-refractivity contribution >= 4 is 5.91 Å². The molecule has 0 radical (unpaired) electrons. The fourth-order valence-corrected chi connectivity index (χ4v) is 1.07. The van der Waals surface area contributed by atoms with Crippen LogP contribution in [0, 0.1) is 0 Å². The SMILES string of the molecule is CC(C(N)=O)n1cc(CNC(C)(C)C)nn1. The van der Waals surface area contributed by atoms with Gasteiger partial charge in [0.25, 0.3) is 0 Å². The van der Waals surface area contributed by atoms with Crippen molar-refractivity contribution in [2.45, 2.75) is 45.8 Å². The number of carbonyl (C=O) groups is 1. The summed E-state index contributed by atoms with van der Waals surface area (Å²) >= 11 is 0. The van der Waals surface area contributed by atoms with Crippen LogP contribution in [0.15, 0.2) is 6.20 Å².